The Kier molecular flexibility index (Phi) is 4.56. The summed E-state index contributed by atoms with van der Waals surface area (Å²) in [6, 6.07) is 9.18. The Balaban J connectivity index is 2.13. The van der Waals surface area contributed by atoms with E-state index in [1.54, 1.807) is 6.08 Å². The van der Waals surface area contributed by atoms with E-state index < -0.39 is 6.09 Å². The molecule has 0 radical (unpaired) electrons. The fourth-order valence-electron chi connectivity index (χ4n) is 2.38. The Labute approximate surface area is 119 Å². The number of benzene rings is 1. The van der Waals surface area contributed by atoms with Crippen molar-refractivity contribution in [2.45, 2.75) is 25.8 Å². The summed E-state index contributed by atoms with van der Waals surface area (Å²) in [5, 5.41) is 0. The molecule has 0 unspecified atom stereocenters. The molecule has 1 fully saturated rings. The molecule has 1 aromatic carbocycles. The van der Waals surface area contributed by atoms with E-state index in [-0.39, 0.29) is 24.5 Å². The molecule has 4 nitrogen and oxygen atoms in total. The molecular formula is C16H19NO3. The van der Waals surface area contributed by atoms with Crippen LogP contribution < -0.4 is 0 Å². The number of carbonyl (C=O) groups is 2. The van der Waals surface area contributed by atoms with Crippen LogP contribution in [0.5, 0.6) is 0 Å². The van der Waals surface area contributed by atoms with Crippen LogP contribution in [0.25, 0.3) is 0 Å². The zero-order valence-electron chi connectivity index (χ0n) is 11.6. The van der Waals surface area contributed by atoms with Crippen LogP contribution in [0, 0.1) is 5.92 Å². The van der Waals surface area contributed by atoms with E-state index in [0.717, 1.165) is 12.0 Å². The Bertz CT molecular complexity index is 498. The summed E-state index contributed by atoms with van der Waals surface area (Å²) in [6.07, 6.45) is 2.32. The van der Waals surface area contributed by atoms with Gasteiger partial charge in [0, 0.05) is 6.42 Å². The highest BCUT2D eigenvalue weighted by molar-refractivity contribution is 5.93. The molecule has 0 spiro atoms. The molecule has 2 rings (SSSR count). The van der Waals surface area contributed by atoms with Crippen molar-refractivity contribution in [3.63, 3.8) is 0 Å². The van der Waals surface area contributed by atoms with Gasteiger partial charge in [0.2, 0.25) is 5.91 Å². The molecule has 1 aliphatic rings. The highest BCUT2D eigenvalue weighted by Gasteiger charge is 2.38. The lowest BCUT2D eigenvalue weighted by Gasteiger charge is -2.21. The van der Waals surface area contributed by atoms with Crippen LogP contribution >= 0.6 is 0 Å². The first-order valence-electron chi connectivity index (χ1n) is 6.78. The zero-order chi connectivity index (χ0) is 14.5. The van der Waals surface area contributed by atoms with Gasteiger partial charge in [0.05, 0.1) is 0 Å². The van der Waals surface area contributed by atoms with Crippen LogP contribution in [0.1, 0.15) is 31.4 Å². The van der Waals surface area contributed by atoms with Gasteiger partial charge in [-0.05, 0) is 17.9 Å². The number of ether oxygens (including phenoxy) is 1. The van der Waals surface area contributed by atoms with Gasteiger partial charge in [-0.2, -0.15) is 0 Å². The second-order valence-corrected chi connectivity index (χ2v) is 5.10. The second kappa shape index (κ2) is 6.37. The average Bonchev–Trinajstić information content (AvgIpc) is 2.82. The van der Waals surface area contributed by atoms with Gasteiger partial charge in [0.1, 0.15) is 12.6 Å². The van der Waals surface area contributed by atoms with E-state index in [2.05, 4.69) is 6.58 Å². The molecule has 0 aliphatic carbocycles. The number of amides is 2. The predicted molar refractivity (Wildman–Crippen MR) is 76.0 cm³/mol. The summed E-state index contributed by atoms with van der Waals surface area (Å²) in [5.74, 6) is -0.0134. The average molecular weight is 273 g/mol. The number of imide groups is 1. The van der Waals surface area contributed by atoms with Gasteiger partial charge in [0.15, 0.2) is 0 Å². The number of hydrogen-bond donors (Lipinski definition) is 0. The highest BCUT2D eigenvalue weighted by Crippen LogP contribution is 2.29. The van der Waals surface area contributed by atoms with Crippen molar-refractivity contribution in [3.8, 4) is 0 Å². The summed E-state index contributed by atoms with van der Waals surface area (Å²) < 4.78 is 5.04. The standard InChI is InChI=1S/C16H19NO3/c1-3-7-12(2)10-15(18)17-14(11-20-16(17)19)13-8-5-4-6-9-13/h3-6,8-9,12,14H,1,7,10-11H2,2H3/t12-,14+/m0/s1. The molecule has 1 aliphatic heterocycles. The van der Waals surface area contributed by atoms with Crippen molar-refractivity contribution in [3.05, 3.63) is 48.6 Å². The fourth-order valence-corrected chi connectivity index (χ4v) is 2.38. The number of hydrogen-bond acceptors (Lipinski definition) is 3. The quantitative estimate of drug-likeness (QED) is 0.773. The second-order valence-electron chi connectivity index (χ2n) is 5.10. The van der Waals surface area contributed by atoms with Crippen molar-refractivity contribution in [1.29, 1.82) is 0 Å². The van der Waals surface area contributed by atoms with Gasteiger partial charge in [0.25, 0.3) is 0 Å². The molecule has 106 valence electrons. The molecule has 20 heavy (non-hydrogen) atoms. The number of rotatable bonds is 5. The molecule has 1 heterocycles. The number of allylic oxidation sites excluding steroid dienone is 1. The lowest BCUT2D eigenvalue weighted by atomic mass is 10.0. The Hall–Kier alpha value is -2.10. The molecule has 0 bridgehead atoms. The number of cyclic esters (lactones) is 1. The minimum absolute atomic E-state index is 0.171. The van der Waals surface area contributed by atoms with Gasteiger partial charge in [-0.15, -0.1) is 6.58 Å². The predicted octanol–water partition coefficient (Wildman–Crippen LogP) is 3.31. The summed E-state index contributed by atoms with van der Waals surface area (Å²) in [7, 11) is 0. The minimum Gasteiger partial charge on any atom is -0.446 e. The molecule has 4 heteroatoms. The van der Waals surface area contributed by atoms with Gasteiger partial charge in [-0.25, -0.2) is 9.69 Å². The molecule has 0 aromatic heterocycles. The zero-order valence-corrected chi connectivity index (χ0v) is 11.6. The summed E-state index contributed by atoms with van der Waals surface area (Å²) in [4.78, 5) is 25.4. The SMILES string of the molecule is C=CC[C@H](C)CC(=O)N1C(=O)OC[C@@H]1c1ccccc1. The monoisotopic (exact) mass is 273 g/mol. The molecule has 1 aromatic rings. The Morgan fingerprint density at radius 3 is 2.85 bits per heavy atom. The summed E-state index contributed by atoms with van der Waals surface area (Å²) >= 11 is 0. The third-order valence-electron chi connectivity index (χ3n) is 3.42. The van der Waals surface area contributed by atoms with Gasteiger partial charge < -0.3 is 4.74 Å². The minimum atomic E-state index is -0.547. The molecule has 0 saturated carbocycles. The van der Waals surface area contributed by atoms with Crippen LogP contribution in [0.2, 0.25) is 0 Å². The number of carbonyl (C=O) groups excluding carboxylic acids is 2. The maximum absolute atomic E-state index is 12.3. The molecule has 2 amide bonds. The smallest absolute Gasteiger partial charge is 0.417 e. The van der Waals surface area contributed by atoms with Crippen molar-refractivity contribution in [2.24, 2.45) is 5.92 Å². The summed E-state index contributed by atoms with van der Waals surface area (Å²) in [5.41, 5.74) is 0.920. The maximum atomic E-state index is 12.3. The summed E-state index contributed by atoms with van der Waals surface area (Å²) in [6.45, 7) is 5.86. The fraction of sp³-hybridized carbons (Fsp3) is 0.375. The van der Waals surface area contributed by atoms with Crippen LogP contribution in [0.4, 0.5) is 4.79 Å². The van der Waals surface area contributed by atoms with Crippen LogP contribution in [-0.4, -0.2) is 23.5 Å². The first-order valence-corrected chi connectivity index (χ1v) is 6.78. The lowest BCUT2D eigenvalue weighted by Crippen LogP contribution is -2.35. The molecule has 0 N–H and O–H groups in total. The largest absolute Gasteiger partial charge is 0.446 e. The first-order chi connectivity index (χ1) is 9.63. The number of nitrogens with zero attached hydrogens (tertiary/aromatic N) is 1. The molecule has 1 saturated heterocycles. The normalized spacial score (nSPS) is 19.6. The Morgan fingerprint density at radius 2 is 2.20 bits per heavy atom. The van der Waals surface area contributed by atoms with Crippen LogP contribution in [0.3, 0.4) is 0 Å². The van der Waals surface area contributed by atoms with Crippen LogP contribution in [-0.2, 0) is 9.53 Å². The maximum Gasteiger partial charge on any atom is 0.417 e. The van der Waals surface area contributed by atoms with Crippen molar-refractivity contribution in [2.75, 3.05) is 6.61 Å². The first kappa shape index (κ1) is 14.3. The lowest BCUT2D eigenvalue weighted by molar-refractivity contribution is -0.130. The third kappa shape index (κ3) is 3.07. The topological polar surface area (TPSA) is 46.6 Å². The van der Waals surface area contributed by atoms with E-state index in [9.17, 15) is 9.59 Å². The van der Waals surface area contributed by atoms with Crippen molar-refractivity contribution in [1.82, 2.24) is 4.90 Å². The van der Waals surface area contributed by atoms with E-state index >= 15 is 0 Å². The van der Waals surface area contributed by atoms with Gasteiger partial charge in [-0.1, -0.05) is 43.3 Å². The van der Waals surface area contributed by atoms with E-state index in [1.165, 1.54) is 4.90 Å². The third-order valence-corrected chi connectivity index (χ3v) is 3.42. The van der Waals surface area contributed by atoms with Crippen molar-refractivity contribution >= 4 is 12.0 Å². The van der Waals surface area contributed by atoms with Gasteiger partial charge in [-0.3, -0.25) is 4.79 Å². The Morgan fingerprint density at radius 1 is 1.50 bits per heavy atom. The van der Waals surface area contributed by atoms with E-state index in [1.807, 2.05) is 37.3 Å². The highest BCUT2D eigenvalue weighted by atomic mass is 16.6. The van der Waals surface area contributed by atoms with Crippen molar-refractivity contribution < 1.29 is 14.3 Å². The molecular weight excluding hydrogens is 254 g/mol. The molecule has 2 atom stereocenters. The van der Waals surface area contributed by atoms with E-state index in [4.69, 9.17) is 4.74 Å². The van der Waals surface area contributed by atoms with Gasteiger partial charge >= 0.3 is 6.09 Å². The van der Waals surface area contributed by atoms with E-state index in [0.29, 0.717) is 6.42 Å². The van der Waals surface area contributed by atoms with Crippen LogP contribution in [0.15, 0.2) is 43.0 Å².